The summed E-state index contributed by atoms with van der Waals surface area (Å²) in [5, 5.41) is 7.70. The van der Waals surface area contributed by atoms with Crippen LogP contribution in [0.1, 0.15) is 11.1 Å². The molecule has 5 rings (SSSR count). The number of carbonyl (C=O) groups excluding carboxylic acids is 1. The molecular formula is C26H22N4O3. The molecule has 0 unspecified atom stereocenters. The lowest BCUT2D eigenvalue weighted by Gasteiger charge is -2.06. The summed E-state index contributed by atoms with van der Waals surface area (Å²) in [6.45, 7) is 0.808. The van der Waals surface area contributed by atoms with E-state index in [1.807, 2.05) is 59.4 Å². The molecule has 0 aliphatic heterocycles. The minimum Gasteiger partial charge on any atom is -0.408 e. The first-order valence-electron chi connectivity index (χ1n) is 10.7. The summed E-state index contributed by atoms with van der Waals surface area (Å²) in [6.07, 6.45) is 1.95. The maximum Gasteiger partial charge on any atom is 0.420 e. The number of carbonyl (C=O) groups is 1. The zero-order valence-corrected chi connectivity index (χ0v) is 17.8. The lowest BCUT2D eigenvalue weighted by molar-refractivity contribution is -0.121. The summed E-state index contributed by atoms with van der Waals surface area (Å²) in [5.41, 5.74) is 4.89. The molecule has 7 heteroatoms. The van der Waals surface area contributed by atoms with E-state index in [9.17, 15) is 9.59 Å². The summed E-state index contributed by atoms with van der Waals surface area (Å²) in [4.78, 5) is 24.9. The minimum absolute atomic E-state index is 0.116. The van der Waals surface area contributed by atoms with Crippen LogP contribution >= 0.6 is 0 Å². The molecule has 0 saturated carbocycles. The number of amides is 1. The number of fused-ring (bicyclic) bond motifs is 1. The van der Waals surface area contributed by atoms with Crippen LogP contribution in [0.25, 0.3) is 22.4 Å². The predicted molar refractivity (Wildman–Crippen MR) is 126 cm³/mol. The highest BCUT2D eigenvalue weighted by atomic mass is 16.4. The van der Waals surface area contributed by atoms with Crippen LogP contribution in [0.2, 0.25) is 0 Å². The molecule has 7 nitrogen and oxygen atoms in total. The average Bonchev–Trinajstić information content (AvgIpc) is 3.39. The maximum absolute atomic E-state index is 12.7. The normalized spacial score (nSPS) is 11.0. The van der Waals surface area contributed by atoms with Gasteiger partial charge in [0.1, 0.15) is 6.54 Å². The summed E-state index contributed by atoms with van der Waals surface area (Å²) in [5.74, 6) is -0.828. The third-order valence-electron chi connectivity index (χ3n) is 5.42. The van der Waals surface area contributed by atoms with Gasteiger partial charge in [0.15, 0.2) is 5.58 Å². The second-order valence-corrected chi connectivity index (χ2v) is 7.75. The highest BCUT2D eigenvalue weighted by molar-refractivity contribution is 5.79. The first-order valence-corrected chi connectivity index (χ1v) is 10.7. The maximum atomic E-state index is 12.7. The van der Waals surface area contributed by atoms with Gasteiger partial charge in [0.05, 0.1) is 17.8 Å². The predicted octanol–water partition coefficient (Wildman–Crippen LogP) is 3.82. The van der Waals surface area contributed by atoms with Gasteiger partial charge < -0.3 is 9.73 Å². The molecule has 2 aromatic heterocycles. The number of aromatic nitrogens is 3. The molecule has 0 aliphatic carbocycles. The van der Waals surface area contributed by atoms with E-state index in [4.69, 9.17) is 9.52 Å². The smallest absolute Gasteiger partial charge is 0.408 e. The van der Waals surface area contributed by atoms with E-state index in [0.717, 1.165) is 22.4 Å². The van der Waals surface area contributed by atoms with Crippen molar-refractivity contribution in [3.05, 3.63) is 113 Å². The number of hydrogen-bond donors (Lipinski definition) is 1. The van der Waals surface area contributed by atoms with Gasteiger partial charge in [-0.3, -0.25) is 14.0 Å². The number of rotatable bonds is 7. The third kappa shape index (κ3) is 4.48. The molecule has 33 heavy (non-hydrogen) atoms. The fourth-order valence-corrected chi connectivity index (χ4v) is 3.84. The van der Waals surface area contributed by atoms with E-state index in [1.165, 1.54) is 4.57 Å². The molecule has 0 fully saturated rings. The monoisotopic (exact) mass is 438 g/mol. The molecule has 1 amide bonds. The molecule has 164 valence electrons. The van der Waals surface area contributed by atoms with Crippen molar-refractivity contribution in [3.8, 4) is 11.3 Å². The topological polar surface area (TPSA) is 82.1 Å². The Kier molecular flexibility index (Phi) is 5.59. The second-order valence-electron chi connectivity index (χ2n) is 7.75. The molecule has 0 aliphatic rings. The van der Waals surface area contributed by atoms with Crippen molar-refractivity contribution in [2.75, 3.05) is 0 Å². The standard InChI is InChI=1S/C26H22N4O3/c31-24(18-30-22-13-7-8-14-23(22)33-26(30)32)27-15-21-17-29(16-19-9-3-1-4-10-19)28-25(21)20-11-5-2-6-12-20/h1-14,17H,15-16,18H2,(H,27,31). The van der Waals surface area contributed by atoms with Gasteiger partial charge in [-0.25, -0.2) is 4.79 Å². The molecule has 1 N–H and O–H groups in total. The van der Waals surface area contributed by atoms with E-state index < -0.39 is 5.76 Å². The molecule has 3 aromatic carbocycles. The second kappa shape index (κ2) is 9.00. The first kappa shape index (κ1) is 20.5. The van der Waals surface area contributed by atoms with Gasteiger partial charge in [-0.1, -0.05) is 72.8 Å². The van der Waals surface area contributed by atoms with E-state index in [1.54, 1.807) is 24.3 Å². The zero-order valence-electron chi connectivity index (χ0n) is 17.8. The van der Waals surface area contributed by atoms with Crippen molar-refractivity contribution in [2.24, 2.45) is 0 Å². The van der Waals surface area contributed by atoms with Gasteiger partial charge >= 0.3 is 5.76 Å². The van der Waals surface area contributed by atoms with E-state index in [2.05, 4.69) is 17.4 Å². The van der Waals surface area contributed by atoms with Gasteiger partial charge in [0.25, 0.3) is 0 Å². The van der Waals surface area contributed by atoms with Crippen LogP contribution in [-0.2, 0) is 24.4 Å². The third-order valence-corrected chi connectivity index (χ3v) is 5.42. The number of hydrogen-bond acceptors (Lipinski definition) is 4. The van der Waals surface area contributed by atoms with Crippen molar-refractivity contribution in [2.45, 2.75) is 19.6 Å². The Bertz CT molecular complexity index is 1450. The zero-order chi connectivity index (χ0) is 22.6. The Morgan fingerprint density at radius 3 is 2.39 bits per heavy atom. The van der Waals surface area contributed by atoms with Crippen molar-refractivity contribution in [1.29, 1.82) is 0 Å². The van der Waals surface area contributed by atoms with Crippen molar-refractivity contribution in [3.63, 3.8) is 0 Å². The molecule has 0 radical (unpaired) electrons. The van der Waals surface area contributed by atoms with Gasteiger partial charge in [0, 0.05) is 23.9 Å². The Labute approximate surface area is 189 Å². The van der Waals surface area contributed by atoms with Gasteiger partial charge in [-0.2, -0.15) is 5.10 Å². The van der Waals surface area contributed by atoms with E-state index >= 15 is 0 Å². The molecule has 0 saturated heterocycles. The lowest BCUT2D eigenvalue weighted by atomic mass is 10.1. The quantitative estimate of drug-likeness (QED) is 0.419. The van der Waals surface area contributed by atoms with Crippen LogP contribution in [0.15, 0.2) is 100 Å². The number of nitrogens with one attached hydrogen (secondary N) is 1. The number of nitrogens with zero attached hydrogens (tertiary/aromatic N) is 3. The van der Waals surface area contributed by atoms with Crippen LogP contribution < -0.4 is 11.1 Å². The van der Waals surface area contributed by atoms with Gasteiger partial charge in [0.2, 0.25) is 5.91 Å². The van der Waals surface area contributed by atoms with E-state index in [-0.39, 0.29) is 12.5 Å². The van der Waals surface area contributed by atoms with Crippen LogP contribution in [-0.4, -0.2) is 20.3 Å². The Hall–Kier alpha value is -4.39. The van der Waals surface area contributed by atoms with E-state index in [0.29, 0.717) is 24.2 Å². The van der Waals surface area contributed by atoms with Crippen molar-refractivity contribution in [1.82, 2.24) is 19.7 Å². The Morgan fingerprint density at radius 2 is 1.61 bits per heavy atom. The fourth-order valence-electron chi connectivity index (χ4n) is 3.84. The SMILES string of the molecule is O=C(Cn1c(=O)oc2ccccc21)NCc1cn(Cc2ccccc2)nc1-c1ccccc1. The summed E-state index contributed by atoms with van der Waals surface area (Å²) in [6, 6.07) is 27.0. The van der Waals surface area contributed by atoms with Crippen LogP contribution in [0.3, 0.4) is 0 Å². The highest BCUT2D eigenvalue weighted by Crippen LogP contribution is 2.22. The minimum atomic E-state index is -0.549. The largest absolute Gasteiger partial charge is 0.420 e. The number of para-hydroxylation sites is 2. The van der Waals surface area contributed by atoms with Crippen LogP contribution in [0, 0.1) is 0 Å². The number of oxazole rings is 1. The van der Waals surface area contributed by atoms with Crippen LogP contribution in [0.5, 0.6) is 0 Å². The Morgan fingerprint density at radius 1 is 0.909 bits per heavy atom. The molecule has 0 spiro atoms. The highest BCUT2D eigenvalue weighted by Gasteiger charge is 2.15. The molecule has 5 aromatic rings. The van der Waals surface area contributed by atoms with Gasteiger partial charge in [-0.15, -0.1) is 0 Å². The summed E-state index contributed by atoms with van der Waals surface area (Å²) in [7, 11) is 0. The number of benzene rings is 3. The van der Waals surface area contributed by atoms with Crippen LogP contribution in [0.4, 0.5) is 0 Å². The lowest BCUT2D eigenvalue weighted by Crippen LogP contribution is -2.30. The molecule has 2 heterocycles. The Balaban J connectivity index is 1.36. The van der Waals surface area contributed by atoms with Gasteiger partial charge in [-0.05, 0) is 17.7 Å². The molecule has 0 bridgehead atoms. The fraction of sp³-hybridized carbons (Fsp3) is 0.115. The average molecular weight is 438 g/mol. The first-order chi connectivity index (χ1) is 16.2. The summed E-state index contributed by atoms with van der Waals surface area (Å²) < 4.78 is 8.43. The van der Waals surface area contributed by atoms with Crippen molar-refractivity contribution < 1.29 is 9.21 Å². The van der Waals surface area contributed by atoms with Crippen molar-refractivity contribution >= 4 is 17.0 Å². The summed E-state index contributed by atoms with van der Waals surface area (Å²) >= 11 is 0. The molecular weight excluding hydrogens is 416 g/mol. The molecule has 0 atom stereocenters.